The number of esters is 2. The Kier molecular flexibility index (Phi) is 14.0. The fourth-order valence-corrected chi connectivity index (χ4v) is 5.31. The van der Waals surface area contributed by atoms with Crippen LogP contribution in [0.3, 0.4) is 0 Å². The van der Waals surface area contributed by atoms with Crippen LogP contribution in [0.25, 0.3) is 0 Å². The molecule has 8 nitrogen and oxygen atoms in total. The molecule has 39 heavy (non-hydrogen) atoms. The standard InChI is InChI=1S/C28H34O8S3/c1-21(2)27(29)35-15-19-37-17-13-33-23-5-9-25(10-6-23)39(31,32)26-11-7-24(8-12-26)34-14-18-38-20-16-36-28(30)22(3)4/h5-12H,1,3,13-20H2,2,4H3. The van der Waals surface area contributed by atoms with E-state index in [1.165, 1.54) is 24.3 Å². The molecule has 2 aromatic carbocycles. The highest BCUT2D eigenvalue weighted by atomic mass is 32.2. The molecule has 0 radical (unpaired) electrons. The third-order valence-electron chi connectivity index (χ3n) is 4.88. The lowest BCUT2D eigenvalue weighted by Gasteiger charge is -2.10. The van der Waals surface area contributed by atoms with E-state index in [-0.39, 0.29) is 9.79 Å². The summed E-state index contributed by atoms with van der Waals surface area (Å²) in [5.41, 5.74) is 0.749. The monoisotopic (exact) mass is 594 g/mol. The third kappa shape index (κ3) is 11.8. The van der Waals surface area contributed by atoms with E-state index in [4.69, 9.17) is 18.9 Å². The second kappa shape index (κ2) is 16.9. The first kappa shape index (κ1) is 32.3. The van der Waals surface area contributed by atoms with Crippen LogP contribution in [0, 0.1) is 0 Å². The summed E-state index contributed by atoms with van der Waals surface area (Å²) in [6.07, 6.45) is 0. The highest BCUT2D eigenvalue weighted by Gasteiger charge is 2.17. The smallest absolute Gasteiger partial charge is 0.333 e. The predicted octanol–water partition coefficient (Wildman–Crippen LogP) is 4.98. The Bertz CT molecular complexity index is 1120. The van der Waals surface area contributed by atoms with E-state index in [1.807, 2.05) is 0 Å². The Morgan fingerprint density at radius 3 is 1.31 bits per heavy atom. The zero-order valence-corrected chi connectivity index (χ0v) is 24.6. The van der Waals surface area contributed by atoms with E-state index < -0.39 is 21.8 Å². The van der Waals surface area contributed by atoms with Crippen LogP contribution in [0.2, 0.25) is 0 Å². The van der Waals surface area contributed by atoms with Gasteiger partial charge in [0, 0.05) is 34.2 Å². The van der Waals surface area contributed by atoms with Crippen LogP contribution in [0.15, 0.2) is 82.6 Å². The van der Waals surface area contributed by atoms with E-state index in [0.29, 0.717) is 72.1 Å². The fraction of sp³-hybridized carbons (Fsp3) is 0.357. The fourth-order valence-electron chi connectivity index (χ4n) is 2.84. The lowest BCUT2D eigenvalue weighted by atomic mass is 10.3. The Labute approximate surface area is 239 Å². The lowest BCUT2D eigenvalue weighted by molar-refractivity contribution is -0.139. The van der Waals surface area contributed by atoms with Crippen molar-refractivity contribution in [2.75, 3.05) is 49.4 Å². The second-order valence-corrected chi connectivity index (χ2v) is 12.6. The molecule has 0 N–H and O–H groups in total. The van der Waals surface area contributed by atoms with Gasteiger partial charge in [-0.25, -0.2) is 18.0 Å². The lowest BCUT2D eigenvalue weighted by Crippen LogP contribution is -2.09. The first-order valence-electron chi connectivity index (χ1n) is 12.1. The van der Waals surface area contributed by atoms with Gasteiger partial charge in [0.1, 0.15) is 24.7 Å². The largest absolute Gasteiger partial charge is 0.493 e. The molecule has 0 aliphatic carbocycles. The van der Waals surface area contributed by atoms with Crippen molar-refractivity contribution in [1.29, 1.82) is 0 Å². The maximum atomic E-state index is 13.0. The van der Waals surface area contributed by atoms with E-state index in [0.717, 1.165) is 0 Å². The van der Waals surface area contributed by atoms with Crippen molar-refractivity contribution in [2.24, 2.45) is 0 Å². The quantitative estimate of drug-likeness (QED) is 0.133. The Morgan fingerprint density at radius 2 is 0.974 bits per heavy atom. The van der Waals surface area contributed by atoms with Gasteiger partial charge in [0.05, 0.1) is 23.0 Å². The molecule has 0 saturated heterocycles. The number of carbonyl (C=O) groups excluding carboxylic acids is 2. The molecule has 0 bridgehead atoms. The third-order valence-corrected chi connectivity index (χ3v) is 8.49. The van der Waals surface area contributed by atoms with Crippen LogP contribution in [-0.2, 0) is 28.9 Å². The average Bonchev–Trinajstić information content (AvgIpc) is 2.92. The molecule has 0 heterocycles. The molecule has 0 unspecified atom stereocenters. The summed E-state index contributed by atoms with van der Waals surface area (Å²) in [6.45, 7) is 11.8. The predicted molar refractivity (Wildman–Crippen MR) is 156 cm³/mol. The molecule has 0 saturated carbocycles. The number of ether oxygens (including phenoxy) is 4. The number of hydrogen-bond acceptors (Lipinski definition) is 10. The minimum Gasteiger partial charge on any atom is -0.493 e. The second-order valence-electron chi connectivity index (χ2n) is 8.20. The van der Waals surface area contributed by atoms with Gasteiger partial charge in [0.2, 0.25) is 9.84 Å². The number of rotatable bonds is 18. The zero-order chi connectivity index (χ0) is 28.7. The minimum atomic E-state index is -3.68. The van der Waals surface area contributed by atoms with Gasteiger partial charge in [-0.3, -0.25) is 0 Å². The summed E-state index contributed by atoms with van der Waals surface area (Å²) >= 11 is 3.17. The van der Waals surface area contributed by atoms with Crippen LogP contribution in [0.1, 0.15) is 13.8 Å². The molecular formula is C28H34O8S3. The summed E-state index contributed by atoms with van der Waals surface area (Å²) < 4.78 is 47.4. The van der Waals surface area contributed by atoms with Gasteiger partial charge in [-0.2, -0.15) is 23.5 Å². The van der Waals surface area contributed by atoms with Crippen LogP contribution >= 0.6 is 23.5 Å². The number of sulfone groups is 1. The van der Waals surface area contributed by atoms with E-state index in [1.54, 1.807) is 61.6 Å². The molecule has 2 aromatic rings. The van der Waals surface area contributed by atoms with Crippen LogP contribution < -0.4 is 9.47 Å². The van der Waals surface area contributed by atoms with Crippen molar-refractivity contribution in [3.05, 3.63) is 72.8 Å². The minimum absolute atomic E-state index is 0.168. The number of hydrogen-bond donors (Lipinski definition) is 0. The molecule has 0 amide bonds. The number of carbonyl (C=O) groups is 2. The Morgan fingerprint density at radius 1 is 0.641 bits per heavy atom. The molecular weight excluding hydrogens is 561 g/mol. The van der Waals surface area contributed by atoms with Gasteiger partial charge in [-0.05, 0) is 62.4 Å². The topological polar surface area (TPSA) is 105 Å². The summed E-state index contributed by atoms with van der Waals surface area (Å²) in [5, 5.41) is 0. The van der Waals surface area contributed by atoms with Crippen molar-refractivity contribution in [3.63, 3.8) is 0 Å². The zero-order valence-electron chi connectivity index (χ0n) is 22.2. The molecule has 0 fully saturated rings. The molecule has 212 valence electrons. The molecule has 0 spiro atoms. The molecule has 11 heteroatoms. The van der Waals surface area contributed by atoms with Crippen molar-refractivity contribution < 1.29 is 37.0 Å². The summed E-state index contributed by atoms with van der Waals surface area (Å²) in [5.74, 6) is 3.04. The van der Waals surface area contributed by atoms with Gasteiger partial charge in [-0.15, -0.1) is 0 Å². The van der Waals surface area contributed by atoms with Crippen molar-refractivity contribution in [2.45, 2.75) is 23.6 Å². The Balaban J connectivity index is 1.71. The van der Waals surface area contributed by atoms with Gasteiger partial charge in [-0.1, -0.05) is 13.2 Å². The summed E-state index contributed by atoms with van der Waals surface area (Å²) in [6, 6.07) is 12.6. The highest BCUT2D eigenvalue weighted by molar-refractivity contribution is 7.99. The highest BCUT2D eigenvalue weighted by Crippen LogP contribution is 2.25. The van der Waals surface area contributed by atoms with E-state index in [2.05, 4.69) is 13.2 Å². The van der Waals surface area contributed by atoms with Gasteiger partial charge < -0.3 is 18.9 Å². The molecule has 0 aliphatic heterocycles. The summed E-state index contributed by atoms with van der Waals surface area (Å²) in [7, 11) is -3.68. The molecule has 0 aromatic heterocycles. The Hall–Kier alpha value is -2.89. The number of benzene rings is 2. The average molecular weight is 595 g/mol. The van der Waals surface area contributed by atoms with Gasteiger partial charge in [0.25, 0.3) is 0 Å². The SMILES string of the molecule is C=C(C)C(=O)OCCSCCOc1ccc(S(=O)(=O)c2ccc(OCCSCCOC(=O)C(=C)C)cc2)cc1. The van der Waals surface area contributed by atoms with Gasteiger partial charge in [0.15, 0.2) is 0 Å². The normalized spacial score (nSPS) is 10.9. The number of thioether (sulfide) groups is 2. The van der Waals surface area contributed by atoms with Crippen LogP contribution in [-0.4, -0.2) is 69.8 Å². The first-order valence-corrected chi connectivity index (χ1v) is 15.9. The van der Waals surface area contributed by atoms with E-state index in [9.17, 15) is 18.0 Å². The maximum Gasteiger partial charge on any atom is 0.333 e. The first-order chi connectivity index (χ1) is 18.6. The van der Waals surface area contributed by atoms with Gasteiger partial charge >= 0.3 is 11.9 Å². The van der Waals surface area contributed by atoms with Crippen molar-refractivity contribution in [3.8, 4) is 11.5 Å². The molecule has 2 rings (SSSR count). The van der Waals surface area contributed by atoms with Crippen molar-refractivity contribution >= 4 is 45.3 Å². The van der Waals surface area contributed by atoms with Crippen molar-refractivity contribution in [1.82, 2.24) is 0 Å². The summed E-state index contributed by atoms with van der Waals surface area (Å²) in [4.78, 5) is 22.9. The maximum absolute atomic E-state index is 13.0. The van der Waals surface area contributed by atoms with E-state index >= 15 is 0 Å². The molecule has 0 atom stereocenters. The van der Waals surface area contributed by atoms with Crippen LogP contribution in [0.5, 0.6) is 11.5 Å². The van der Waals surface area contributed by atoms with Crippen LogP contribution in [0.4, 0.5) is 0 Å². The molecule has 0 aliphatic rings.